The van der Waals surface area contributed by atoms with Crippen LogP contribution >= 0.6 is 11.6 Å². The molecule has 0 aliphatic carbocycles. The Hall–Kier alpha value is -1.67. The molecule has 1 heterocycles. The number of amides is 2. The highest BCUT2D eigenvalue weighted by Crippen LogP contribution is 2.22. The number of nitrogens with two attached hydrogens (primary N) is 1. The van der Waals surface area contributed by atoms with Crippen LogP contribution in [0, 0.1) is 5.41 Å². The van der Waals surface area contributed by atoms with Crippen molar-refractivity contribution in [2.75, 3.05) is 19.6 Å². The van der Waals surface area contributed by atoms with E-state index in [2.05, 4.69) is 10.6 Å². The number of benzene rings is 1. The van der Waals surface area contributed by atoms with Crippen LogP contribution in [0.5, 0.6) is 0 Å². The highest BCUT2D eigenvalue weighted by Gasteiger charge is 2.38. The fourth-order valence-corrected chi connectivity index (χ4v) is 3.18. The quantitative estimate of drug-likeness (QED) is 0.583. The fourth-order valence-electron chi connectivity index (χ4n) is 2.99. The molecule has 1 saturated heterocycles. The van der Waals surface area contributed by atoms with Gasteiger partial charge >= 0.3 is 0 Å². The first-order valence-corrected chi connectivity index (χ1v) is 9.47. The molecule has 0 saturated carbocycles. The van der Waals surface area contributed by atoms with Gasteiger partial charge in [-0.25, -0.2) is 0 Å². The molecule has 7 nitrogen and oxygen atoms in total. The monoisotopic (exact) mass is 396 g/mol. The Morgan fingerprint density at radius 3 is 2.74 bits per heavy atom. The highest BCUT2D eigenvalue weighted by atomic mass is 35.5. The number of halogens is 1. The predicted octanol–water partition coefficient (Wildman–Crippen LogP) is 0.622. The highest BCUT2D eigenvalue weighted by molar-refractivity contribution is 6.30. The van der Waals surface area contributed by atoms with Crippen molar-refractivity contribution in [3.63, 3.8) is 0 Å². The second kappa shape index (κ2) is 9.01. The Bertz CT molecular complexity index is 690. The summed E-state index contributed by atoms with van der Waals surface area (Å²) in [5.41, 5.74) is 6.88. The van der Waals surface area contributed by atoms with E-state index in [-0.39, 0.29) is 12.5 Å². The number of aliphatic hydroxyl groups excluding tert-OH is 1. The predicted molar refractivity (Wildman–Crippen MR) is 105 cm³/mol. The Kier molecular flexibility index (Phi) is 7.22. The summed E-state index contributed by atoms with van der Waals surface area (Å²) in [6.45, 7) is 7.28. The summed E-state index contributed by atoms with van der Waals surface area (Å²) in [7, 11) is 0. The van der Waals surface area contributed by atoms with Gasteiger partial charge in [0, 0.05) is 37.7 Å². The van der Waals surface area contributed by atoms with Crippen LogP contribution in [0.15, 0.2) is 18.2 Å². The minimum absolute atomic E-state index is 0.270. The Balaban J connectivity index is 2.09. The zero-order valence-corrected chi connectivity index (χ0v) is 16.8. The molecule has 1 aromatic rings. The molecule has 1 aliphatic heterocycles. The molecule has 0 aromatic heterocycles. The average molecular weight is 397 g/mol. The van der Waals surface area contributed by atoms with Crippen LogP contribution in [-0.4, -0.2) is 53.6 Å². The first kappa shape index (κ1) is 21.6. The molecule has 1 aromatic carbocycles. The SMILES string of the molecule is CC(C)(C)[C@@H](O)C(=O)N1CCNC[C@H]1C(=O)NCc1cc(Cl)ccc1CN. The number of carbonyl (C=O) groups is 2. The topological polar surface area (TPSA) is 108 Å². The summed E-state index contributed by atoms with van der Waals surface area (Å²) >= 11 is 6.04. The number of rotatable bonds is 5. The molecule has 5 N–H and O–H groups in total. The number of hydrogen-bond donors (Lipinski definition) is 4. The Morgan fingerprint density at radius 1 is 1.41 bits per heavy atom. The lowest BCUT2D eigenvalue weighted by Crippen LogP contribution is -2.62. The molecular weight excluding hydrogens is 368 g/mol. The van der Waals surface area contributed by atoms with Crippen molar-refractivity contribution < 1.29 is 14.7 Å². The smallest absolute Gasteiger partial charge is 0.252 e. The van der Waals surface area contributed by atoms with Crippen molar-refractivity contribution in [3.05, 3.63) is 34.3 Å². The number of aliphatic hydroxyl groups is 1. The zero-order chi connectivity index (χ0) is 20.2. The van der Waals surface area contributed by atoms with Gasteiger partial charge in [-0.1, -0.05) is 38.4 Å². The van der Waals surface area contributed by atoms with Crippen LogP contribution in [0.25, 0.3) is 0 Å². The van der Waals surface area contributed by atoms with Crippen molar-refractivity contribution in [1.29, 1.82) is 0 Å². The first-order valence-electron chi connectivity index (χ1n) is 9.09. The van der Waals surface area contributed by atoms with Gasteiger partial charge in [-0.3, -0.25) is 9.59 Å². The van der Waals surface area contributed by atoms with E-state index in [1.54, 1.807) is 32.9 Å². The largest absolute Gasteiger partial charge is 0.383 e. The van der Waals surface area contributed by atoms with Gasteiger partial charge in [0.25, 0.3) is 5.91 Å². The van der Waals surface area contributed by atoms with Crippen LogP contribution in [0.1, 0.15) is 31.9 Å². The summed E-state index contributed by atoms with van der Waals surface area (Å²) in [6.07, 6.45) is -1.16. The van der Waals surface area contributed by atoms with Gasteiger partial charge in [0.05, 0.1) is 0 Å². The standard InChI is InChI=1S/C19H29ClN4O3/c1-19(2,3)16(25)18(27)24-7-6-22-11-15(24)17(26)23-10-13-8-14(20)5-4-12(13)9-21/h4-5,8,15-16,22,25H,6-7,9-11,21H2,1-3H3,(H,23,26)/t15-,16-/m0/s1. The minimum atomic E-state index is -1.16. The third kappa shape index (κ3) is 5.42. The number of nitrogens with zero attached hydrogens (tertiary/aromatic N) is 1. The lowest BCUT2D eigenvalue weighted by Gasteiger charge is -2.38. The molecule has 1 aliphatic rings. The third-order valence-electron chi connectivity index (χ3n) is 4.72. The second-order valence-electron chi connectivity index (χ2n) is 7.86. The molecule has 2 rings (SSSR count). The molecule has 150 valence electrons. The normalized spacial score (nSPS) is 18.9. The van der Waals surface area contributed by atoms with Gasteiger partial charge < -0.3 is 26.4 Å². The van der Waals surface area contributed by atoms with E-state index in [9.17, 15) is 14.7 Å². The van der Waals surface area contributed by atoms with E-state index < -0.39 is 23.5 Å². The lowest BCUT2D eigenvalue weighted by atomic mass is 9.88. The molecule has 27 heavy (non-hydrogen) atoms. The van der Waals surface area contributed by atoms with Crippen LogP contribution < -0.4 is 16.4 Å². The van der Waals surface area contributed by atoms with Crippen LogP contribution in [-0.2, 0) is 22.7 Å². The lowest BCUT2D eigenvalue weighted by molar-refractivity contribution is -0.153. The van der Waals surface area contributed by atoms with E-state index in [1.807, 2.05) is 6.07 Å². The Morgan fingerprint density at radius 2 is 2.11 bits per heavy atom. The summed E-state index contributed by atoms with van der Waals surface area (Å²) in [6, 6.07) is 4.69. The zero-order valence-electron chi connectivity index (χ0n) is 16.1. The molecule has 0 spiro atoms. The molecule has 2 amide bonds. The summed E-state index contributed by atoms with van der Waals surface area (Å²) in [5.74, 6) is -0.700. The summed E-state index contributed by atoms with van der Waals surface area (Å²) in [4.78, 5) is 26.9. The maximum atomic E-state index is 12.8. The minimum Gasteiger partial charge on any atom is -0.383 e. The van der Waals surface area contributed by atoms with Gasteiger partial charge in [-0.2, -0.15) is 0 Å². The number of nitrogens with one attached hydrogen (secondary N) is 2. The molecule has 8 heteroatoms. The van der Waals surface area contributed by atoms with Gasteiger partial charge in [-0.15, -0.1) is 0 Å². The van der Waals surface area contributed by atoms with Crippen LogP contribution in [0.2, 0.25) is 5.02 Å². The number of carbonyl (C=O) groups excluding carboxylic acids is 2. The second-order valence-corrected chi connectivity index (χ2v) is 8.29. The number of piperazine rings is 1. The van der Waals surface area contributed by atoms with Crippen molar-refractivity contribution >= 4 is 23.4 Å². The van der Waals surface area contributed by atoms with Crippen LogP contribution in [0.3, 0.4) is 0 Å². The maximum absolute atomic E-state index is 12.8. The first-order chi connectivity index (χ1) is 12.6. The molecular formula is C19H29ClN4O3. The van der Waals surface area contributed by atoms with Gasteiger partial charge in [-0.05, 0) is 28.7 Å². The van der Waals surface area contributed by atoms with E-state index in [0.29, 0.717) is 31.2 Å². The fraction of sp³-hybridized carbons (Fsp3) is 0.579. The van der Waals surface area contributed by atoms with Gasteiger partial charge in [0.1, 0.15) is 12.1 Å². The average Bonchev–Trinajstić information content (AvgIpc) is 2.64. The van der Waals surface area contributed by atoms with Crippen LogP contribution in [0.4, 0.5) is 0 Å². The van der Waals surface area contributed by atoms with Crippen molar-refractivity contribution in [2.45, 2.75) is 46.0 Å². The summed E-state index contributed by atoms with van der Waals surface area (Å²) in [5, 5.41) is 16.9. The van der Waals surface area contributed by atoms with E-state index in [1.165, 1.54) is 4.90 Å². The molecule has 1 fully saturated rings. The molecule has 0 radical (unpaired) electrons. The van der Waals surface area contributed by atoms with Crippen molar-refractivity contribution in [3.8, 4) is 0 Å². The molecule has 0 bridgehead atoms. The van der Waals surface area contributed by atoms with Crippen molar-refractivity contribution in [1.82, 2.24) is 15.5 Å². The maximum Gasteiger partial charge on any atom is 0.252 e. The van der Waals surface area contributed by atoms with E-state index in [4.69, 9.17) is 17.3 Å². The van der Waals surface area contributed by atoms with E-state index in [0.717, 1.165) is 11.1 Å². The number of hydrogen-bond acceptors (Lipinski definition) is 5. The summed E-state index contributed by atoms with van der Waals surface area (Å²) < 4.78 is 0. The van der Waals surface area contributed by atoms with Gasteiger partial charge in [0.2, 0.25) is 5.91 Å². The molecule has 2 atom stereocenters. The van der Waals surface area contributed by atoms with Gasteiger partial charge in [0.15, 0.2) is 0 Å². The molecule has 0 unspecified atom stereocenters. The van der Waals surface area contributed by atoms with E-state index >= 15 is 0 Å². The Labute approximate surface area is 165 Å². The third-order valence-corrected chi connectivity index (χ3v) is 4.96. The van der Waals surface area contributed by atoms with Crippen molar-refractivity contribution in [2.24, 2.45) is 11.1 Å².